The van der Waals surface area contributed by atoms with Gasteiger partial charge in [0.1, 0.15) is 5.82 Å². The van der Waals surface area contributed by atoms with E-state index in [9.17, 15) is 9.59 Å². The lowest BCUT2D eigenvalue weighted by molar-refractivity contribution is -0.124. The quantitative estimate of drug-likeness (QED) is 0.647. The topological polar surface area (TPSA) is 88.9 Å². The summed E-state index contributed by atoms with van der Waals surface area (Å²) in [6, 6.07) is 9.35. The molecule has 4 aliphatic rings. The number of carbonyl (C=O) groups is 2. The number of anilines is 1. The number of aromatic nitrogens is 3. The summed E-state index contributed by atoms with van der Waals surface area (Å²) in [6.07, 6.45) is 7.69. The molecule has 164 valence electrons. The minimum atomic E-state index is -0.141. The molecule has 31 heavy (non-hydrogen) atoms. The Balaban J connectivity index is 1.14. The van der Waals surface area contributed by atoms with Crippen molar-refractivity contribution in [3.05, 3.63) is 36.2 Å². The molecular formula is C23H29N5O2S. The van der Waals surface area contributed by atoms with Crippen LogP contribution in [0.25, 0.3) is 0 Å². The molecule has 6 rings (SSSR count). The van der Waals surface area contributed by atoms with Crippen LogP contribution < -0.4 is 10.6 Å². The van der Waals surface area contributed by atoms with Crippen molar-refractivity contribution in [1.82, 2.24) is 20.1 Å². The van der Waals surface area contributed by atoms with E-state index in [2.05, 4.69) is 20.8 Å². The van der Waals surface area contributed by atoms with Gasteiger partial charge < -0.3 is 15.2 Å². The SMILES string of the molecule is Cn1c(CC(=O)Nc2ccccc2)nnc1SCC(=O)NC12CC3CC(CC(C3)C1)C2. The molecule has 4 aliphatic carbocycles. The maximum Gasteiger partial charge on any atom is 0.232 e. The van der Waals surface area contributed by atoms with Crippen LogP contribution in [0.3, 0.4) is 0 Å². The van der Waals surface area contributed by atoms with Gasteiger partial charge in [0, 0.05) is 18.3 Å². The molecule has 4 bridgehead atoms. The van der Waals surface area contributed by atoms with Crippen molar-refractivity contribution in [3.63, 3.8) is 0 Å². The summed E-state index contributed by atoms with van der Waals surface area (Å²) in [4.78, 5) is 25.0. The predicted molar refractivity (Wildman–Crippen MR) is 120 cm³/mol. The van der Waals surface area contributed by atoms with Crippen molar-refractivity contribution in [2.45, 2.75) is 55.6 Å². The standard InChI is InChI=1S/C23H29N5O2S/c1-28-19(10-20(29)24-18-5-3-2-4-6-18)26-27-22(28)31-14-21(30)25-23-11-15-7-16(12-23)9-17(8-15)13-23/h2-6,15-17H,7-14H2,1H3,(H,24,29)(H,25,30). The number of rotatable bonds is 7. The maximum atomic E-state index is 12.7. The monoisotopic (exact) mass is 439 g/mol. The van der Waals surface area contributed by atoms with Crippen molar-refractivity contribution in [1.29, 1.82) is 0 Å². The van der Waals surface area contributed by atoms with Gasteiger partial charge in [-0.2, -0.15) is 0 Å². The van der Waals surface area contributed by atoms with Crippen molar-refractivity contribution >= 4 is 29.3 Å². The molecule has 8 heteroatoms. The maximum absolute atomic E-state index is 12.7. The summed E-state index contributed by atoms with van der Waals surface area (Å²) in [5.74, 6) is 3.27. The van der Waals surface area contributed by atoms with Gasteiger partial charge in [0.2, 0.25) is 11.8 Å². The minimum Gasteiger partial charge on any atom is -0.350 e. The Morgan fingerprint density at radius 3 is 2.32 bits per heavy atom. The zero-order chi connectivity index (χ0) is 21.4. The second kappa shape index (κ2) is 8.30. The van der Waals surface area contributed by atoms with Gasteiger partial charge in [-0.05, 0) is 68.4 Å². The van der Waals surface area contributed by atoms with E-state index >= 15 is 0 Å². The van der Waals surface area contributed by atoms with E-state index < -0.39 is 0 Å². The average Bonchev–Trinajstić information content (AvgIpc) is 3.05. The van der Waals surface area contributed by atoms with Gasteiger partial charge in [-0.3, -0.25) is 9.59 Å². The Kier molecular flexibility index (Phi) is 5.50. The second-order valence-electron chi connectivity index (χ2n) is 9.58. The van der Waals surface area contributed by atoms with Gasteiger partial charge >= 0.3 is 0 Å². The largest absolute Gasteiger partial charge is 0.350 e. The van der Waals surface area contributed by atoms with Gasteiger partial charge in [-0.25, -0.2) is 0 Å². The molecule has 0 saturated heterocycles. The van der Waals surface area contributed by atoms with Gasteiger partial charge in [0.15, 0.2) is 5.16 Å². The molecule has 2 amide bonds. The van der Waals surface area contributed by atoms with Crippen LogP contribution in [0.1, 0.15) is 44.3 Å². The van der Waals surface area contributed by atoms with Crippen LogP contribution in [0, 0.1) is 17.8 Å². The van der Waals surface area contributed by atoms with E-state index in [4.69, 9.17) is 0 Å². The molecule has 0 aliphatic heterocycles. The van der Waals surface area contributed by atoms with Crippen LogP contribution in [0.4, 0.5) is 5.69 Å². The smallest absolute Gasteiger partial charge is 0.232 e. The van der Waals surface area contributed by atoms with Crippen LogP contribution in [0.2, 0.25) is 0 Å². The molecule has 2 aromatic rings. The lowest BCUT2D eigenvalue weighted by atomic mass is 9.53. The Morgan fingerprint density at radius 1 is 1.03 bits per heavy atom. The van der Waals surface area contributed by atoms with E-state index in [0.717, 1.165) is 42.7 Å². The van der Waals surface area contributed by atoms with Crippen LogP contribution in [0.15, 0.2) is 35.5 Å². The predicted octanol–water partition coefficient (Wildman–Crippen LogP) is 3.17. The van der Waals surface area contributed by atoms with E-state index in [1.54, 1.807) is 4.57 Å². The lowest BCUT2D eigenvalue weighted by Crippen LogP contribution is -2.60. The highest BCUT2D eigenvalue weighted by Gasteiger charge is 2.51. The first-order valence-electron chi connectivity index (χ1n) is 11.1. The number of hydrogen-bond donors (Lipinski definition) is 2. The average molecular weight is 440 g/mol. The number of carbonyl (C=O) groups excluding carboxylic acids is 2. The third-order valence-corrected chi connectivity index (χ3v) is 8.10. The van der Waals surface area contributed by atoms with Crippen LogP contribution >= 0.6 is 11.8 Å². The van der Waals surface area contributed by atoms with Crippen molar-refractivity contribution in [2.75, 3.05) is 11.1 Å². The van der Waals surface area contributed by atoms with E-state index in [1.807, 2.05) is 37.4 Å². The Morgan fingerprint density at radius 2 is 1.68 bits per heavy atom. The highest BCUT2D eigenvalue weighted by Crippen LogP contribution is 2.55. The third kappa shape index (κ3) is 4.49. The fraction of sp³-hybridized carbons (Fsp3) is 0.565. The fourth-order valence-corrected chi connectivity index (χ4v) is 6.95. The molecule has 0 unspecified atom stereocenters. The Hall–Kier alpha value is -2.35. The van der Waals surface area contributed by atoms with Crippen molar-refractivity contribution in [2.24, 2.45) is 24.8 Å². The van der Waals surface area contributed by atoms with Gasteiger partial charge in [0.25, 0.3) is 0 Å². The first kappa shape index (κ1) is 20.5. The van der Waals surface area contributed by atoms with E-state index in [0.29, 0.717) is 16.7 Å². The molecule has 1 aromatic heterocycles. The molecular weight excluding hydrogens is 410 g/mol. The Labute approximate surface area is 186 Å². The number of hydrogen-bond acceptors (Lipinski definition) is 5. The van der Waals surface area contributed by atoms with Gasteiger partial charge in [0.05, 0.1) is 12.2 Å². The van der Waals surface area contributed by atoms with Crippen LogP contribution in [0.5, 0.6) is 0 Å². The highest BCUT2D eigenvalue weighted by molar-refractivity contribution is 7.99. The fourth-order valence-electron chi connectivity index (χ4n) is 6.22. The number of benzene rings is 1. The molecule has 1 heterocycles. The zero-order valence-corrected chi connectivity index (χ0v) is 18.7. The summed E-state index contributed by atoms with van der Waals surface area (Å²) in [5.41, 5.74) is 0.790. The number of thioether (sulfide) groups is 1. The lowest BCUT2D eigenvalue weighted by Gasteiger charge is -2.56. The minimum absolute atomic E-state index is 0.0347. The van der Waals surface area contributed by atoms with Crippen molar-refractivity contribution < 1.29 is 9.59 Å². The number of para-hydroxylation sites is 1. The number of nitrogens with one attached hydrogen (secondary N) is 2. The molecule has 7 nitrogen and oxygen atoms in total. The van der Waals surface area contributed by atoms with E-state index in [1.165, 1.54) is 31.0 Å². The van der Waals surface area contributed by atoms with Crippen LogP contribution in [-0.2, 0) is 23.1 Å². The number of nitrogens with zero attached hydrogens (tertiary/aromatic N) is 3. The first-order chi connectivity index (χ1) is 15.0. The highest BCUT2D eigenvalue weighted by atomic mass is 32.2. The molecule has 0 atom stereocenters. The summed E-state index contributed by atoms with van der Waals surface area (Å²) >= 11 is 1.38. The molecule has 0 radical (unpaired) electrons. The molecule has 0 spiro atoms. The third-order valence-electron chi connectivity index (χ3n) is 7.08. The van der Waals surface area contributed by atoms with Crippen LogP contribution in [-0.4, -0.2) is 37.9 Å². The molecule has 1 aromatic carbocycles. The number of amides is 2. The zero-order valence-electron chi connectivity index (χ0n) is 17.8. The van der Waals surface area contributed by atoms with Gasteiger partial charge in [-0.15, -0.1) is 10.2 Å². The summed E-state index contributed by atoms with van der Waals surface area (Å²) in [6.45, 7) is 0. The molecule has 4 saturated carbocycles. The van der Waals surface area contributed by atoms with E-state index in [-0.39, 0.29) is 23.8 Å². The first-order valence-corrected chi connectivity index (χ1v) is 12.1. The Bertz CT molecular complexity index is 938. The van der Waals surface area contributed by atoms with Crippen molar-refractivity contribution in [3.8, 4) is 0 Å². The molecule has 4 fully saturated rings. The summed E-state index contributed by atoms with van der Waals surface area (Å²) < 4.78 is 1.80. The molecule has 2 N–H and O–H groups in total. The second-order valence-corrected chi connectivity index (χ2v) is 10.5. The van der Waals surface area contributed by atoms with Gasteiger partial charge in [-0.1, -0.05) is 30.0 Å². The summed E-state index contributed by atoms with van der Waals surface area (Å²) in [7, 11) is 1.84. The summed E-state index contributed by atoms with van der Waals surface area (Å²) in [5, 5.41) is 15.3. The normalized spacial score (nSPS) is 28.5.